The van der Waals surface area contributed by atoms with Crippen molar-refractivity contribution in [2.45, 2.75) is 40.7 Å². The van der Waals surface area contributed by atoms with Gasteiger partial charge in [0.1, 0.15) is 0 Å². The predicted molar refractivity (Wildman–Crippen MR) is 57.8 cm³/mol. The standard InChI is InChI=1S/C8H20N.C3H6O.BrH/c1-5-9(6-2,7-3)8-4;1-3-2-4-3;/h5-8H2,1-4H3;3H,2H2,1H3;1H/q+1;;/p-1. The van der Waals surface area contributed by atoms with Crippen LogP contribution >= 0.6 is 0 Å². The molecule has 1 fully saturated rings. The smallest absolute Gasteiger partial charge is 0.0781 e. The van der Waals surface area contributed by atoms with E-state index < -0.39 is 0 Å². The molecule has 0 aliphatic carbocycles. The molecule has 0 aromatic heterocycles. The van der Waals surface area contributed by atoms with Gasteiger partial charge < -0.3 is 26.2 Å². The van der Waals surface area contributed by atoms with Crippen molar-refractivity contribution in [2.75, 3.05) is 32.8 Å². The number of nitrogens with zero attached hydrogens (tertiary/aromatic N) is 1. The fraction of sp³-hybridized carbons (Fsp3) is 1.00. The van der Waals surface area contributed by atoms with Crippen molar-refractivity contribution in [3.63, 3.8) is 0 Å². The quantitative estimate of drug-likeness (QED) is 0.485. The number of epoxide rings is 1. The molecule has 1 heterocycles. The zero-order valence-corrected chi connectivity index (χ0v) is 11.9. The fourth-order valence-electron chi connectivity index (χ4n) is 1.44. The Morgan fingerprint density at radius 1 is 1.00 bits per heavy atom. The fourth-order valence-corrected chi connectivity index (χ4v) is 1.44. The Morgan fingerprint density at radius 2 is 1.21 bits per heavy atom. The van der Waals surface area contributed by atoms with E-state index in [0.717, 1.165) is 6.61 Å². The Morgan fingerprint density at radius 3 is 1.21 bits per heavy atom. The molecule has 1 aliphatic rings. The molecule has 0 bridgehead atoms. The van der Waals surface area contributed by atoms with Gasteiger partial charge in [-0.2, -0.15) is 0 Å². The molecule has 2 nitrogen and oxygen atoms in total. The van der Waals surface area contributed by atoms with Crippen LogP contribution in [0.3, 0.4) is 0 Å². The second kappa shape index (κ2) is 8.69. The normalized spacial score (nSPS) is 19.1. The second-order valence-corrected chi connectivity index (χ2v) is 3.75. The molecule has 0 spiro atoms. The van der Waals surface area contributed by atoms with Crippen LogP contribution in [-0.2, 0) is 4.74 Å². The number of ether oxygens (including phenoxy) is 1. The minimum Gasteiger partial charge on any atom is -1.00 e. The van der Waals surface area contributed by atoms with Crippen LogP contribution < -0.4 is 17.0 Å². The minimum absolute atomic E-state index is 0. The Bertz CT molecular complexity index is 105. The molecule has 88 valence electrons. The third-order valence-electron chi connectivity index (χ3n) is 3.18. The second-order valence-electron chi connectivity index (χ2n) is 3.75. The van der Waals surface area contributed by atoms with Gasteiger partial charge in [0.15, 0.2) is 0 Å². The van der Waals surface area contributed by atoms with E-state index in [4.69, 9.17) is 4.74 Å². The highest BCUT2D eigenvalue weighted by molar-refractivity contribution is 4.58. The summed E-state index contributed by atoms with van der Waals surface area (Å²) in [6.45, 7) is 17.3. The van der Waals surface area contributed by atoms with Gasteiger partial charge >= 0.3 is 0 Å². The average molecular weight is 268 g/mol. The zero-order valence-electron chi connectivity index (χ0n) is 10.3. The van der Waals surface area contributed by atoms with Crippen LogP contribution in [0.25, 0.3) is 0 Å². The number of hydrogen-bond acceptors (Lipinski definition) is 1. The first-order chi connectivity index (χ1) is 6.14. The summed E-state index contributed by atoms with van der Waals surface area (Å²) in [5.41, 5.74) is 0. The van der Waals surface area contributed by atoms with E-state index in [9.17, 15) is 0 Å². The number of quaternary nitrogens is 1. The Kier molecular flexibility index (Phi) is 10.4. The van der Waals surface area contributed by atoms with E-state index in [1.54, 1.807) is 0 Å². The van der Waals surface area contributed by atoms with Crippen molar-refractivity contribution < 1.29 is 26.2 Å². The van der Waals surface area contributed by atoms with Crippen molar-refractivity contribution in [3.8, 4) is 0 Å². The van der Waals surface area contributed by atoms with Crippen LogP contribution in [0.1, 0.15) is 34.6 Å². The SMILES string of the molecule is CC1CO1.CC[N+](CC)(CC)CC.[Br-]. The van der Waals surface area contributed by atoms with E-state index in [-0.39, 0.29) is 17.0 Å². The van der Waals surface area contributed by atoms with Gasteiger partial charge in [-0.25, -0.2) is 0 Å². The number of hydrogen-bond donors (Lipinski definition) is 0. The topological polar surface area (TPSA) is 12.5 Å². The van der Waals surface area contributed by atoms with Gasteiger partial charge in [0.05, 0.1) is 38.9 Å². The lowest BCUT2D eigenvalue weighted by Crippen LogP contribution is -3.00. The first-order valence-corrected chi connectivity index (χ1v) is 5.60. The monoisotopic (exact) mass is 267 g/mol. The van der Waals surface area contributed by atoms with Crippen molar-refractivity contribution in [1.29, 1.82) is 0 Å². The maximum Gasteiger partial charge on any atom is 0.0781 e. The van der Waals surface area contributed by atoms with Crippen LogP contribution in [0.15, 0.2) is 0 Å². The molecule has 3 heteroatoms. The molecule has 1 atom stereocenters. The largest absolute Gasteiger partial charge is 1.00 e. The molecular formula is C11H26BrNO. The average Bonchev–Trinajstić information content (AvgIpc) is 2.94. The van der Waals surface area contributed by atoms with Crippen LogP contribution in [0, 0.1) is 0 Å². The van der Waals surface area contributed by atoms with Gasteiger partial charge in [0, 0.05) is 0 Å². The number of halogens is 1. The molecular weight excluding hydrogens is 242 g/mol. The molecule has 1 aliphatic heterocycles. The van der Waals surface area contributed by atoms with Crippen molar-refractivity contribution in [3.05, 3.63) is 0 Å². The lowest BCUT2D eigenvalue weighted by molar-refractivity contribution is -0.921. The Hall–Kier alpha value is 0.400. The minimum atomic E-state index is 0. The van der Waals surface area contributed by atoms with Gasteiger partial charge in [-0.15, -0.1) is 0 Å². The van der Waals surface area contributed by atoms with Gasteiger partial charge in [0.25, 0.3) is 0 Å². The molecule has 1 rings (SSSR count). The van der Waals surface area contributed by atoms with Gasteiger partial charge in [-0.3, -0.25) is 0 Å². The van der Waals surface area contributed by atoms with Gasteiger partial charge in [0.2, 0.25) is 0 Å². The molecule has 0 saturated carbocycles. The van der Waals surface area contributed by atoms with E-state index in [2.05, 4.69) is 34.6 Å². The molecule has 0 radical (unpaired) electrons. The first kappa shape index (κ1) is 16.8. The summed E-state index contributed by atoms with van der Waals surface area (Å²) < 4.78 is 5.99. The van der Waals surface area contributed by atoms with Crippen LogP contribution in [-0.4, -0.2) is 43.4 Å². The first-order valence-electron chi connectivity index (χ1n) is 5.60. The maximum atomic E-state index is 4.71. The lowest BCUT2D eigenvalue weighted by atomic mass is 10.3. The summed E-state index contributed by atoms with van der Waals surface area (Å²) in [4.78, 5) is 0. The third-order valence-corrected chi connectivity index (χ3v) is 3.18. The summed E-state index contributed by atoms with van der Waals surface area (Å²) in [7, 11) is 0. The molecule has 0 amide bonds. The highest BCUT2D eigenvalue weighted by Crippen LogP contribution is 2.04. The third kappa shape index (κ3) is 6.80. The summed E-state index contributed by atoms with van der Waals surface area (Å²) >= 11 is 0. The van der Waals surface area contributed by atoms with Crippen LogP contribution in [0.5, 0.6) is 0 Å². The summed E-state index contributed by atoms with van der Waals surface area (Å²) in [5.74, 6) is 0. The zero-order chi connectivity index (χ0) is 10.3. The van der Waals surface area contributed by atoms with Gasteiger partial charge in [-0.05, 0) is 34.6 Å². The predicted octanol–water partition coefficient (Wildman–Crippen LogP) is -0.708. The summed E-state index contributed by atoms with van der Waals surface area (Å²) in [5, 5.41) is 0. The highest BCUT2D eigenvalue weighted by Gasteiger charge is 2.16. The molecule has 0 aromatic carbocycles. The molecule has 1 unspecified atom stereocenters. The summed E-state index contributed by atoms with van der Waals surface area (Å²) in [6.07, 6.45) is 0.583. The maximum absolute atomic E-state index is 4.71. The Balaban J connectivity index is 0. The lowest BCUT2D eigenvalue weighted by Gasteiger charge is -2.34. The van der Waals surface area contributed by atoms with E-state index >= 15 is 0 Å². The highest BCUT2D eigenvalue weighted by atomic mass is 79.9. The van der Waals surface area contributed by atoms with Crippen molar-refractivity contribution in [1.82, 2.24) is 0 Å². The van der Waals surface area contributed by atoms with E-state index in [1.165, 1.54) is 30.7 Å². The van der Waals surface area contributed by atoms with Crippen molar-refractivity contribution >= 4 is 0 Å². The molecule has 14 heavy (non-hydrogen) atoms. The molecule has 0 aromatic rings. The summed E-state index contributed by atoms with van der Waals surface area (Å²) in [6, 6.07) is 0. The van der Waals surface area contributed by atoms with Gasteiger partial charge in [-0.1, -0.05) is 0 Å². The van der Waals surface area contributed by atoms with Crippen LogP contribution in [0.2, 0.25) is 0 Å². The number of rotatable bonds is 4. The van der Waals surface area contributed by atoms with E-state index in [0.29, 0.717) is 6.10 Å². The van der Waals surface area contributed by atoms with Crippen LogP contribution in [0.4, 0.5) is 0 Å². The van der Waals surface area contributed by atoms with Crippen molar-refractivity contribution in [2.24, 2.45) is 0 Å². The van der Waals surface area contributed by atoms with E-state index in [1.807, 2.05) is 0 Å². The molecule has 0 N–H and O–H groups in total. The Labute approximate surface area is 100.0 Å². The molecule has 1 saturated heterocycles.